The maximum Gasteiger partial charge on any atom is 0.150 e. The van der Waals surface area contributed by atoms with Crippen LogP contribution < -0.4 is 0 Å². The first-order chi connectivity index (χ1) is 7.46. The van der Waals surface area contributed by atoms with E-state index in [4.69, 9.17) is 0 Å². The molecule has 0 saturated carbocycles. The Kier molecular flexibility index (Phi) is 3.73. The Morgan fingerprint density at radius 3 is 2.88 bits per heavy atom. The third-order valence-corrected chi connectivity index (χ3v) is 6.36. The van der Waals surface area contributed by atoms with E-state index in [-0.39, 0.29) is 17.4 Å². The molecular weight excluding hydrogens is 312 g/mol. The third kappa shape index (κ3) is 3.06. The summed E-state index contributed by atoms with van der Waals surface area (Å²) >= 11 is 4.94. The Balaban J connectivity index is 1.96. The number of halogens is 1. The van der Waals surface area contributed by atoms with Crippen LogP contribution in [0.5, 0.6) is 0 Å². The fourth-order valence-electron chi connectivity index (χ4n) is 1.96. The van der Waals surface area contributed by atoms with Crippen LogP contribution in [-0.4, -0.2) is 31.1 Å². The van der Waals surface area contributed by atoms with Gasteiger partial charge in [0.1, 0.15) is 0 Å². The van der Waals surface area contributed by atoms with E-state index in [1.165, 1.54) is 0 Å². The number of sulfone groups is 1. The number of hydrogen-bond acceptors (Lipinski definition) is 4. The molecule has 1 aliphatic heterocycles. The summed E-state index contributed by atoms with van der Waals surface area (Å²) in [5.74, 6) is 0.273. The van der Waals surface area contributed by atoms with Gasteiger partial charge in [-0.3, -0.25) is 0 Å². The molecule has 2 unspecified atom stereocenters. The minimum Gasteiger partial charge on any atom is -0.392 e. The second-order valence-corrected chi connectivity index (χ2v) is 8.31. The maximum atomic E-state index is 11.3. The molecule has 0 amide bonds. The molecule has 2 rings (SSSR count). The number of aliphatic hydroxyl groups excluding tert-OH is 1. The van der Waals surface area contributed by atoms with Gasteiger partial charge in [0.05, 0.1) is 17.6 Å². The average molecular weight is 325 g/mol. The molecule has 2 heterocycles. The van der Waals surface area contributed by atoms with E-state index in [2.05, 4.69) is 15.9 Å². The monoisotopic (exact) mass is 324 g/mol. The van der Waals surface area contributed by atoms with Crippen molar-refractivity contribution in [1.29, 1.82) is 0 Å². The summed E-state index contributed by atoms with van der Waals surface area (Å²) in [5.41, 5.74) is 0. The molecule has 1 aliphatic rings. The number of hydrogen-bond donors (Lipinski definition) is 1. The van der Waals surface area contributed by atoms with Crippen molar-refractivity contribution in [3.8, 4) is 0 Å². The summed E-state index contributed by atoms with van der Waals surface area (Å²) in [5, 5.41) is 11.9. The second-order valence-electron chi connectivity index (χ2n) is 4.17. The average Bonchev–Trinajstić information content (AvgIpc) is 2.72. The van der Waals surface area contributed by atoms with Crippen molar-refractivity contribution in [2.45, 2.75) is 18.9 Å². The predicted octanol–water partition coefficient (Wildman–Crippen LogP) is 1.85. The second kappa shape index (κ2) is 4.76. The highest BCUT2D eigenvalue weighted by atomic mass is 79.9. The fraction of sp³-hybridized carbons (Fsp3) is 0.600. The largest absolute Gasteiger partial charge is 0.392 e. The molecule has 90 valence electrons. The molecule has 0 aromatic carbocycles. The van der Waals surface area contributed by atoms with Gasteiger partial charge in [-0.25, -0.2) is 8.42 Å². The Morgan fingerprint density at radius 2 is 2.38 bits per heavy atom. The van der Waals surface area contributed by atoms with E-state index in [0.29, 0.717) is 12.8 Å². The Morgan fingerprint density at radius 1 is 1.62 bits per heavy atom. The lowest BCUT2D eigenvalue weighted by Crippen LogP contribution is -2.23. The van der Waals surface area contributed by atoms with Crippen LogP contribution in [0.1, 0.15) is 11.3 Å². The Bertz CT molecular complexity index is 466. The molecule has 0 radical (unpaired) electrons. The molecule has 1 saturated heterocycles. The first-order valence-corrected chi connectivity index (χ1v) is 8.57. The van der Waals surface area contributed by atoms with Crippen LogP contribution in [0.2, 0.25) is 0 Å². The summed E-state index contributed by atoms with van der Waals surface area (Å²) in [4.78, 5) is 1.09. The maximum absolute atomic E-state index is 11.3. The van der Waals surface area contributed by atoms with Crippen LogP contribution in [0.3, 0.4) is 0 Å². The summed E-state index contributed by atoms with van der Waals surface area (Å²) in [6, 6.07) is 1.97. The molecule has 1 aromatic rings. The van der Waals surface area contributed by atoms with Crippen molar-refractivity contribution in [3.05, 3.63) is 20.8 Å². The Labute approximate surface area is 108 Å². The third-order valence-electron chi connectivity index (χ3n) is 2.84. The van der Waals surface area contributed by atoms with Crippen LogP contribution in [0.15, 0.2) is 15.9 Å². The van der Waals surface area contributed by atoms with E-state index in [1.807, 2.05) is 11.4 Å². The van der Waals surface area contributed by atoms with Crippen molar-refractivity contribution in [3.63, 3.8) is 0 Å². The van der Waals surface area contributed by atoms with Gasteiger partial charge in [-0.05, 0) is 28.4 Å². The SMILES string of the molecule is O=S1(=O)CCC(C(O)Cc2cc(Br)cs2)C1. The zero-order valence-corrected chi connectivity index (χ0v) is 11.8. The van der Waals surface area contributed by atoms with Crippen molar-refractivity contribution < 1.29 is 13.5 Å². The molecular formula is C10H13BrO3S2. The van der Waals surface area contributed by atoms with Crippen LogP contribution in [0.4, 0.5) is 0 Å². The molecule has 0 spiro atoms. The van der Waals surface area contributed by atoms with Gasteiger partial charge < -0.3 is 5.11 Å². The summed E-state index contributed by atoms with van der Waals surface area (Å²) in [7, 11) is -2.89. The lowest BCUT2D eigenvalue weighted by atomic mass is 9.99. The van der Waals surface area contributed by atoms with Crippen molar-refractivity contribution in [1.82, 2.24) is 0 Å². The van der Waals surface area contributed by atoms with Crippen molar-refractivity contribution in [2.75, 3.05) is 11.5 Å². The van der Waals surface area contributed by atoms with Gasteiger partial charge in [0.25, 0.3) is 0 Å². The highest BCUT2D eigenvalue weighted by molar-refractivity contribution is 9.10. The summed E-state index contributed by atoms with van der Waals surface area (Å²) in [6.45, 7) is 0. The topological polar surface area (TPSA) is 54.4 Å². The van der Waals surface area contributed by atoms with Gasteiger partial charge in [-0.2, -0.15) is 0 Å². The molecule has 3 nitrogen and oxygen atoms in total. The van der Waals surface area contributed by atoms with Gasteiger partial charge in [0.15, 0.2) is 9.84 Å². The van der Waals surface area contributed by atoms with Crippen LogP contribution >= 0.6 is 27.3 Å². The van der Waals surface area contributed by atoms with E-state index >= 15 is 0 Å². The van der Waals surface area contributed by atoms with Crippen molar-refractivity contribution >= 4 is 37.1 Å². The van der Waals surface area contributed by atoms with Crippen LogP contribution in [-0.2, 0) is 16.3 Å². The predicted molar refractivity (Wildman–Crippen MR) is 68.5 cm³/mol. The highest BCUT2D eigenvalue weighted by Gasteiger charge is 2.32. The van der Waals surface area contributed by atoms with E-state index < -0.39 is 15.9 Å². The number of rotatable bonds is 3. The normalized spacial score (nSPS) is 25.8. The van der Waals surface area contributed by atoms with Crippen molar-refractivity contribution in [2.24, 2.45) is 5.92 Å². The summed E-state index contributed by atoms with van der Waals surface area (Å²) < 4.78 is 23.6. The molecule has 0 aliphatic carbocycles. The fourth-order valence-corrected chi connectivity index (χ4v) is 5.33. The molecule has 1 N–H and O–H groups in total. The van der Waals surface area contributed by atoms with Gasteiger partial charge in [0, 0.05) is 27.1 Å². The number of thiophene rings is 1. The highest BCUT2D eigenvalue weighted by Crippen LogP contribution is 2.27. The van der Waals surface area contributed by atoms with Gasteiger partial charge >= 0.3 is 0 Å². The van der Waals surface area contributed by atoms with Crippen LogP contribution in [0, 0.1) is 5.92 Å². The molecule has 1 fully saturated rings. The van der Waals surface area contributed by atoms with E-state index in [0.717, 1.165) is 9.35 Å². The lowest BCUT2D eigenvalue weighted by molar-refractivity contribution is 0.121. The van der Waals surface area contributed by atoms with Gasteiger partial charge in [-0.1, -0.05) is 0 Å². The molecule has 0 bridgehead atoms. The first kappa shape index (κ1) is 12.5. The van der Waals surface area contributed by atoms with E-state index in [1.54, 1.807) is 11.3 Å². The van der Waals surface area contributed by atoms with Gasteiger partial charge in [0.2, 0.25) is 0 Å². The Hall–Kier alpha value is 0.0900. The molecule has 6 heteroatoms. The minimum atomic E-state index is -2.89. The smallest absolute Gasteiger partial charge is 0.150 e. The van der Waals surface area contributed by atoms with Crippen LogP contribution in [0.25, 0.3) is 0 Å². The molecule has 16 heavy (non-hydrogen) atoms. The standard InChI is InChI=1S/C10H13BrO3S2/c11-8-3-9(15-5-8)4-10(12)7-1-2-16(13,14)6-7/h3,5,7,10,12H,1-2,4,6H2. The summed E-state index contributed by atoms with van der Waals surface area (Å²) in [6.07, 6.45) is 0.606. The quantitative estimate of drug-likeness (QED) is 0.923. The number of aliphatic hydroxyl groups is 1. The lowest BCUT2D eigenvalue weighted by Gasteiger charge is -2.15. The molecule has 2 atom stereocenters. The zero-order chi connectivity index (χ0) is 11.8. The minimum absolute atomic E-state index is 0.0918. The first-order valence-electron chi connectivity index (χ1n) is 5.08. The zero-order valence-electron chi connectivity index (χ0n) is 8.60. The van der Waals surface area contributed by atoms with Gasteiger partial charge in [-0.15, -0.1) is 11.3 Å². The molecule has 1 aromatic heterocycles. The van der Waals surface area contributed by atoms with E-state index in [9.17, 15) is 13.5 Å².